The quantitative estimate of drug-likeness (QED) is 0.695. The average Bonchev–Trinajstić information content (AvgIpc) is 3.56. The molecule has 1 heterocycles. The van der Waals surface area contributed by atoms with Gasteiger partial charge in [-0.3, -0.25) is 9.59 Å². The van der Waals surface area contributed by atoms with E-state index in [0.29, 0.717) is 17.7 Å². The zero-order valence-corrected chi connectivity index (χ0v) is 15.5. The van der Waals surface area contributed by atoms with Crippen LogP contribution in [0, 0.1) is 0 Å². The molecule has 0 unspecified atom stereocenters. The Morgan fingerprint density at radius 1 is 1.11 bits per heavy atom. The highest BCUT2D eigenvalue weighted by Crippen LogP contribution is 2.30. The van der Waals surface area contributed by atoms with E-state index in [4.69, 9.17) is 4.42 Å². The zero-order chi connectivity index (χ0) is 19.7. The van der Waals surface area contributed by atoms with Gasteiger partial charge in [0.25, 0.3) is 11.8 Å². The molecule has 0 bridgehead atoms. The lowest BCUT2D eigenvalue weighted by Gasteiger charge is -2.22. The molecule has 2 aromatic carbocycles. The number of para-hydroxylation sites is 1. The van der Waals surface area contributed by atoms with Gasteiger partial charge in [0, 0.05) is 30.6 Å². The fourth-order valence-electron chi connectivity index (χ4n) is 3.22. The van der Waals surface area contributed by atoms with Gasteiger partial charge in [-0.15, -0.1) is 0 Å². The number of rotatable bonds is 5. The minimum atomic E-state index is -0.621. The number of carbonyl (C=O) groups is 2. The number of hydrogen-bond acceptors (Lipinski definition) is 4. The molecule has 0 radical (unpaired) electrons. The minimum Gasteiger partial charge on any atom is -0.422 e. The van der Waals surface area contributed by atoms with E-state index in [1.54, 1.807) is 42.3 Å². The third-order valence-corrected chi connectivity index (χ3v) is 4.92. The Morgan fingerprint density at radius 3 is 2.50 bits per heavy atom. The van der Waals surface area contributed by atoms with Crippen LogP contribution in [-0.2, 0) is 6.54 Å². The van der Waals surface area contributed by atoms with Gasteiger partial charge in [0.05, 0.1) is 0 Å². The van der Waals surface area contributed by atoms with Crippen LogP contribution >= 0.6 is 0 Å². The summed E-state index contributed by atoms with van der Waals surface area (Å²) in [6, 6.07) is 16.0. The first-order valence-corrected chi connectivity index (χ1v) is 9.21. The van der Waals surface area contributed by atoms with Gasteiger partial charge in [0.15, 0.2) is 0 Å². The molecule has 1 aliphatic carbocycles. The predicted octanol–water partition coefficient (Wildman–Crippen LogP) is 2.96. The summed E-state index contributed by atoms with van der Waals surface area (Å²) in [6.45, 7) is 0.379. The molecule has 6 heteroatoms. The lowest BCUT2D eigenvalue weighted by atomic mass is 10.1. The fraction of sp³-hybridized carbons (Fsp3) is 0.227. The van der Waals surface area contributed by atoms with Crippen molar-refractivity contribution in [2.24, 2.45) is 0 Å². The van der Waals surface area contributed by atoms with Crippen LogP contribution in [0.1, 0.15) is 39.1 Å². The van der Waals surface area contributed by atoms with E-state index >= 15 is 0 Å². The zero-order valence-electron chi connectivity index (χ0n) is 15.5. The van der Waals surface area contributed by atoms with E-state index in [2.05, 4.69) is 5.32 Å². The molecule has 1 fully saturated rings. The predicted molar refractivity (Wildman–Crippen MR) is 105 cm³/mol. The van der Waals surface area contributed by atoms with Crippen molar-refractivity contribution in [1.29, 1.82) is 0 Å². The summed E-state index contributed by atoms with van der Waals surface area (Å²) in [5.41, 5.74) is 1.35. The van der Waals surface area contributed by atoms with Crippen LogP contribution < -0.4 is 10.9 Å². The fourth-order valence-corrected chi connectivity index (χ4v) is 3.22. The van der Waals surface area contributed by atoms with Gasteiger partial charge >= 0.3 is 5.63 Å². The highest BCUT2D eigenvalue weighted by molar-refractivity contribution is 5.97. The maximum atomic E-state index is 13.1. The molecule has 0 saturated heterocycles. The molecule has 1 aromatic heterocycles. The summed E-state index contributed by atoms with van der Waals surface area (Å²) < 4.78 is 5.32. The summed E-state index contributed by atoms with van der Waals surface area (Å²) >= 11 is 0. The standard InChI is InChI=1S/C22H20N2O4/c1-23-20(25)15-8-6-14(7-9-15)13-24(17-10-11-17)21(26)18-12-16-4-2-3-5-19(16)28-22(18)27/h2-9,12,17H,10-11,13H2,1H3,(H,23,25). The van der Waals surface area contributed by atoms with Crippen LogP contribution in [0.4, 0.5) is 0 Å². The molecule has 2 amide bonds. The number of benzene rings is 2. The van der Waals surface area contributed by atoms with Gasteiger partial charge in [0.1, 0.15) is 11.1 Å². The van der Waals surface area contributed by atoms with Crippen molar-refractivity contribution in [3.8, 4) is 0 Å². The number of nitrogens with zero attached hydrogens (tertiary/aromatic N) is 1. The summed E-state index contributed by atoms with van der Waals surface area (Å²) in [5.74, 6) is -0.479. The highest BCUT2D eigenvalue weighted by Gasteiger charge is 2.34. The highest BCUT2D eigenvalue weighted by atomic mass is 16.4. The van der Waals surface area contributed by atoms with Gasteiger partial charge in [0.2, 0.25) is 0 Å². The normalized spacial score (nSPS) is 13.3. The van der Waals surface area contributed by atoms with Crippen molar-refractivity contribution in [3.63, 3.8) is 0 Å². The van der Waals surface area contributed by atoms with Crippen molar-refractivity contribution >= 4 is 22.8 Å². The first-order chi connectivity index (χ1) is 13.6. The molecule has 28 heavy (non-hydrogen) atoms. The largest absolute Gasteiger partial charge is 0.422 e. The lowest BCUT2D eigenvalue weighted by Crippen LogP contribution is -2.35. The molecular weight excluding hydrogens is 356 g/mol. The van der Waals surface area contributed by atoms with Crippen LogP contribution in [-0.4, -0.2) is 29.8 Å². The van der Waals surface area contributed by atoms with Crippen LogP contribution in [0.15, 0.2) is 63.8 Å². The summed E-state index contributed by atoms with van der Waals surface area (Å²) in [7, 11) is 1.58. The maximum Gasteiger partial charge on any atom is 0.349 e. The Balaban J connectivity index is 1.61. The number of fused-ring (bicyclic) bond motifs is 1. The second kappa shape index (κ2) is 7.31. The van der Waals surface area contributed by atoms with E-state index in [9.17, 15) is 14.4 Å². The average molecular weight is 376 g/mol. The van der Waals surface area contributed by atoms with Gasteiger partial charge in [-0.2, -0.15) is 0 Å². The number of hydrogen-bond donors (Lipinski definition) is 1. The summed E-state index contributed by atoms with van der Waals surface area (Å²) in [5, 5.41) is 3.30. The van der Waals surface area contributed by atoms with Gasteiger partial charge in [-0.05, 0) is 42.7 Å². The molecular formula is C22H20N2O4. The van der Waals surface area contributed by atoms with Crippen molar-refractivity contribution < 1.29 is 14.0 Å². The van der Waals surface area contributed by atoms with Crippen LogP contribution in [0.3, 0.4) is 0 Å². The Hall–Kier alpha value is -3.41. The van der Waals surface area contributed by atoms with Crippen molar-refractivity contribution in [3.05, 3.63) is 81.7 Å². The van der Waals surface area contributed by atoms with E-state index in [-0.39, 0.29) is 23.4 Å². The van der Waals surface area contributed by atoms with Crippen molar-refractivity contribution in [2.75, 3.05) is 7.05 Å². The summed E-state index contributed by atoms with van der Waals surface area (Å²) in [6.07, 6.45) is 1.84. The van der Waals surface area contributed by atoms with E-state index in [1.807, 2.05) is 24.3 Å². The second-order valence-corrected chi connectivity index (χ2v) is 6.93. The molecule has 1 saturated carbocycles. The first kappa shape index (κ1) is 18.0. The topological polar surface area (TPSA) is 79.6 Å². The van der Waals surface area contributed by atoms with Crippen LogP contribution in [0.25, 0.3) is 11.0 Å². The van der Waals surface area contributed by atoms with Gasteiger partial charge in [-0.25, -0.2) is 4.79 Å². The SMILES string of the molecule is CNC(=O)c1ccc(CN(C(=O)c2cc3ccccc3oc2=O)C2CC2)cc1. The number of nitrogens with one attached hydrogen (secondary N) is 1. The molecule has 0 aliphatic heterocycles. The first-order valence-electron chi connectivity index (χ1n) is 9.21. The Bertz CT molecular complexity index is 1100. The molecule has 1 N–H and O–H groups in total. The third kappa shape index (κ3) is 3.53. The monoisotopic (exact) mass is 376 g/mol. The summed E-state index contributed by atoms with van der Waals surface area (Å²) in [4.78, 5) is 38.9. The number of carbonyl (C=O) groups excluding carboxylic acids is 2. The van der Waals surface area contributed by atoms with Crippen LogP contribution in [0.2, 0.25) is 0 Å². The molecule has 0 atom stereocenters. The van der Waals surface area contributed by atoms with Gasteiger partial charge in [-0.1, -0.05) is 30.3 Å². The van der Waals surface area contributed by atoms with Crippen LogP contribution in [0.5, 0.6) is 0 Å². The van der Waals surface area contributed by atoms with Crippen molar-refractivity contribution in [2.45, 2.75) is 25.4 Å². The maximum absolute atomic E-state index is 13.1. The van der Waals surface area contributed by atoms with Crippen molar-refractivity contribution in [1.82, 2.24) is 10.2 Å². The van der Waals surface area contributed by atoms with E-state index in [0.717, 1.165) is 23.8 Å². The molecule has 3 aromatic rings. The lowest BCUT2D eigenvalue weighted by molar-refractivity contribution is 0.0725. The molecule has 6 nitrogen and oxygen atoms in total. The number of amides is 2. The third-order valence-electron chi connectivity index (χ3n) is 4.92. The smallest absolute Gasteiger partial charge is 0.349 e. The molecule has 1 aliphatic rings. The Labute approximate surface area is 161 Å². The second-order valence-electron chi connectivity index (χ2n) is 6.93. The van der Waals surface area contributed by atoms with Gasteiger partial charge < -0.3 is 14.6 Å². The minimum absolute atomic E-state index is 0.0487. The Kier molecular flexibility index (Phi) is 4.69. The Morgan fingerprint density at radius 2 is 1.82 bits per heavy atom. The molecule has 4 rings (SSSR count). The molecule has 142 valence electrons. The van der Waals surface area contributed by atoms with E-state index in [1.165, 1.54) is 0 Å². The molecule has 0 spiro atoms. The van der Waals surface area contributed by atoms with E-state index < -0.39 is 5.63 Å².